The van der Waals surface area contributed by atoms with E-state index in [-0.39, 0.29) is 5.92 Å². The summed E-state index contributed by atoms with van der Waals surface area (Å²) in [7, 11) is 0. The zero-order valence-corrected chi connectivity index (χ0v) is 8.35. The minimum atomic E-state index is 0.275. The molecule has 3 rings (SSSR count). The third kappa shape index (κ3) is 1.12. The average Bonchev–Trinajstić information content (AvgIpc) is 2.63. The molecule has 0 radical (unpaired) electrons. The first-order valence-corrected chi connectivity index (χ1v) is 5.16. The van der Waals surface area contributed by atoms with Gasteiger partial charge in [-0.25, -0.2) is 0 Å². The van der Waals surface area contributed by atoms with E-state index in [1.807, 2.05) is 12.3 Å². The number of aromatic nitrogens is 1. The lowest BCUT2D eigenvalue weighted by molar-refractivity contribution is 0.810. The Morgan fingerprint density at radius 2 is 1.87 bits per heavy atom. The fourth-order valence-electron chi connectivity index (χ4n) is 2.35. The highest BCUT2D eigenvalue weighted by Gasteiger charge is 2.27. The van der Waals surface area contributed by atoms with Crippen LogP contribution in [0.3, 0.4) is 0 Å². The molecule has 1 heterocycles. The van der Waals surface area contributed by atoms with Gasteiger partial charge in [-0.1, -0.05) is 30.3 Å². The summed E-state index contributed by atoms with van der Waals surface area (Å²) >= 11 is 0. The van der Waals surface area contributed by atoms with Crippen molar-refractivity contribution < 1.29 is 0 Å². The Kier molecular flexibility index (Phi) is 1.82. The van der Waals surface area contributed by atoms with Crippen LogP contribution < -0.4 is 5.73 Å². The molecule has 0 saturated carbocycles. The number of nitrogens with zero attached hydrogens (tertiary/aromatic N) is 1. The molecule has 2 heteroatoms. The van der Waals surface area contributed by atoms with Gasteiger partial charge in [-0.2, -0.15) is 0 Å². The van der Waals surface area contributed by atoms with Crippen LogP contribution in [0.2, 0.25) is 0 Å². The summed E-state index contributed by atoms with van der Waals surface area (Å²) in [6.45, 7) is 0.626. The van der Waals surface area contributed by atoms with Crippen LogP contribution >= 0.6 is 0 Å². The van der Waals surface area contributed by atoms with E-state index in [1.54, 1.807) is 0 Å². The highest BCUT2D eigenvalue weighted by Crippen LogP contribution is 2.42. The Hall–Kier alpha value is -1.67. The fourth-order valence-corrected chi connectivity index (χ4v) is 2.35. The number of fused-ring (bicyclic) bond motifs is 3. The van der Waals surface area contributed by atoms with Crippen LogP contribution in [0.5, 0.6) is 0 Å². The van der Waals surface area contributed by atoms with Crippen molar-refractivity contribution in [1.82, 2.24) is 4.98 Å². The van der Waals surface area contributed by atoms with Crippen molar-refractivity contribution in [3.05, 3.63) is 53.9 Å². The normalized spacial score (nSPS) is 17.3. The Labute approximate surface area is 88.8 Å². The number of hydrogen-bond donors (Lipinski definition) is 1. The SMILES string of the molecule is NCC1c2ccccc2-c2cccnc21. The summed E-state index contributed by atoms with van der Waals surface area (Å²) < 4.78 is 0. The van der Waals surface area contributed by atoms with Crippen molar-refractivity contribution in [2.45, 2.75) is 5.92 Å². The second-order valence-electron chi connectivity index (χ2n) is 3.81. The molecule has 0 spiro atoms. The standard InChI is InChI=1S/C13H12N2/c14-8-12-10-5-2-1-4-9(10)11-6-3-7-15-13(11)12/h1-7,12H,8,14H2. The van der Waals surface area contributed by atoms with Crippen molar-refractivity contribution >= 4 is 0 Å². The molecule has 1 aliphatic carbocycles. The third-order valence-corrected chi connectivity index (χ3v) is 3.03. The maximum Gasteiger partial charge on any atom is 0.0569 e. The van der Waals surface area contributed by atoms with Gasteiger partial charge in [0, 0.05) is 24.2 Å². The third-order valence-electron chi connectivity index (χ3n) is 3.03. The van der Waals surface area contributed by atoms with Crippen LogP contribution in [0, 0.1) is 0 Å². The van der Waals surface area contributed by atoms with Crippen molar-refractivity contribution in [2.24, 2.45) is 5.73 Å². The molecule has 0 fully saturated rings. The van der Waals surface area contributed by atoms with Crippen LogP contribution in [0.4, 0.5) is 0 Å². The second-order valence-corrected chi connectivity index (χ2v) is 3.81. The summed E-state index contributed by atoms with van der Waals surface area (Å²) in [5.74, 6) is 0.275. The molecule has 1 unspecified atom stereocenters. The van der Waals surface area contributed by atoms with Crippen LogP contribution in [-0.2, 0) is 0 Å². The molecule has 1 aromatic heterocycles. The molecular weight excluding hydrogens is 184 g/mol. The second kappa shape index (κ2) is 3.17. The van der Waals surface area contributed by atoms with E-state index in [9.17, 15) is 0 Å². The average molecular weight is 196 g/mol. The van der Waals surface area contributed by atoms with Crippen molar-refractivity contribution in [3.8, 4) is 11.1 Å². The molecule has 0 saturated heterocycles. The zero-order chi connectivity index (χ0) is 10.3. The van der Waals surface area contributed by atoms with Crippen LogP contribution in [-0.4, -0.2) is 11.5 Å². The maximum atomic E-state index is 5.82. The summed E-state index contributed by atoms with van der Waals surface area (Å²) in [4.78, 5) is 4.45. The molecule has 2 N–H and O–H groups in total. The van der Waals surface area contributed by atoms with E-state index >= 15 is 0 Å². The van der Waals surface area contributed by atoms with E-state index in [0.29, 0.717) is 6.54 Å². The highest BCUT2D eigenvalue weighted by molar-refractivity contribution is 5.77. The van der Waals surface area contributed by atoms with Gasteiger partial charge in [0.2, 0.25) is 0 Å². The van der Waals surface area contributed by atoms with E-state index in [2.05, 4.69) is 35.3 Å². The number of benzene rings is 1. The van der Waals surface area contributed by atoms with Gasteiger partial charge in [0.15, 0.2) is 0 Å². The van der Waals surface area contributed by atoms with E-state index in [1.165, 1.54) is 16.7 Å². The molecule has 2 nitrogen and oxygen atoms in total. The molecular formula is C13H12N2. The molecule has 0 aliphatic heterocycles. The van der Waals surface area contributed by atoms with Gasteiger partial charge >= 0.3 is 0 Å². The van der Waals surface area contributed by atoms with Gasteiger partial charge in [-0.3, -0.25) is 4.98 Å². The summed E-state index contributed by atoms with van der Waals surface area (Å²) in [5.41, 5.74) is 10.8. The largest absolute Gasteiger partial charge is 0.329 e. The number of hydrogen-bond acceptors (Lipinski definition) is 2. The lowest BCUT2D eigenvalue weighted by Gasteiger charge is -2.08. The summed E-state index contributed by atoms with van der Waals surface area (Å²) in [5, 5.41) is 0. The van der Waals surface area contributed by atoms with Gasteiger partial charge < -0.3 is 5.73 Å². The van der Waals surface area contributed by atoms with Crippen LogP contribution in [0.25, 0.3) is 11.1 Å². The first-order valence-electron chi connectivity index (χ1n) is 5.16. The van der Waals surface area contributed by atoms with Crippen molar-refractivity contribution in [1.29, 1.82) is 0 Å². The first-order chi connectivity index (χ1) is 7.42. The van der Waals surface area contributed by atoms with Gasteiger partial charge in [-0.15, -0.1) is 0 Å². The van der Waals surface area contributed by atoms with E-state index in [0.717, 1.165) is 5.69 Å². The fraction of sp³-hybridized carbons (Fsp3) is 0.154. The Bertz CT molecular complexity index is 460. The monoisotopic (exact) mass is 196 g/mol. The van der Waals surface area contributed by atoms with E-state index in [4.69, 9.17) is 5.73 Å². The van der Waals surface area contributed by atoms with E-state index < -0.39 is 0 Å². The summed E-state index contributed by atoms with van der Waals surface area (Å²) in [6.07, 6.45) is 1.84. The van der Waals surface area contributed by atoms with Crippen LogP contribution in [0.1, 0.15) is 17.2 Å². The van der Waals surface area contributed by atoms with Crippen molar-refractivity contribution in [3.63, 3.8) is 0 Å². The number of rotatable bonds is 1. The summed E-state index contributed by atoms with van der Waals surface area (Å²) in [6, 6.07) is 12.5. The molecule has 74 valence electrons. The molecule has 0 amide bonds. The zero-order valence-electron chi connectivity index (χ0n) is 8.35. The number of nitrogens with two attached hydrogens (primary N) is 1. The maximum absolute atomic E-state index is 5.82. The molecule has 15 heavy (non-hydrogen) atoms. The van der Waals surface area contributed by atoms with Crippen molar-refractivity contribution in [2.75, 3.05) is 6.54 Å². The van der Waals surface area contributed by atoms with Gasteiger partial charge in [0.05, 0.1) is 5.69 Å². The first kappa shape index (κ1) is 8.62. The molecule has 1 aromatic carbocycles. The van der Waals surface area contributed by atoms with Gasteiger partial charge in [0.25, 0.3) is 0 Å². The minimum Gasteiger partial charge on any atom is -0.329 e. The van der Waals surface area contributed by atoms with Crippen LogP contribution in [0.15, 0.2) is 42.6 Å². The lowest BCUT2D eigenvalue weighted by atomic mass is 10.0. The van der Waals surface area contributed by atoms with Gasteiger partial charge in [-0.05, 0) is 17.2 Å². The predicted octanol–water partition coefficient (Wildman–Crippen LogP) is 2.15. The van der Waals surface area contributed by atoms with Gasteiger partial charge in [0.1, 0.15) is 0 Å². The Balaban J connectivity index is 2.31. The Morgan fingerprint density at radius 3 is 2.73 bits per heavy atom. The predicted molar refractivity (Wildman–Crippen MR) is 60.6 cm³/mol. The smallest absolute Gasteiger partial charge is 0.0569 e. The quantitative estimate of drug-likeness (QED) is 0.759. The highest BCUT2D eigenvalue weighted by atomic mass is 14.7. The minimum absolute atomic E-state index is 0.275. The Morgan fingerprint density at radius 1 is 1.07 bits per heavy atom. The number of pyridine rings is 1. The molecule has 1 aliphatic rings. The molecule has 0 bridgehead atoms. The molecule has 2 aromatic rings. The molecule has 1 atom stereocenters. The topological polar surface area (TPSA) is 38.9 Å². The lowest BCUT2D eigenvalue weighted by Crippen LogP contribution is -2.12.